The van der Waals surface area contributed by atoms with Crippen LogP contribution in [0.1, 0.15) is 20.3 Å². The third kappa shape index (κ3) is 5.62. The Morgan fingerprint density at radius 1 is 1.19 bits per heavy atom. The fourth-order valence-corrected chi connectivity index (χ4v) is 2.99. The Kier molecular flexibility index (Phi) is 7.72. The van der Waals surface area contributed by atoms with Crippen LogP contribution in [0.15, 0.2) is 24.3 Å². The van der Waals surface area contributed by atoms with E-state index in [0.29, 0.717) is 13.1 Å². The number of amides is 2. The third-order valence-electron chi connectivity index (χ3n) is 4.49. The molecule has 0 aliphatic carbocycles. The van der Waals surface area contributed by atoms with Gasteiger partial charge in [-0.05, 0) is 25.5 Å². The number of nitrogens with one attached hydrogen (secondary N) is 2. The Morgan fingerprint density at radius 2 is 1.88 bits per heavy atom. The van der Waals surface area contributed by atoms with Gasteiger partial charge >= 0.3 is 0 Å². The Hall–Kier alpha value is -2.28. The van der Waals surface area contributed by atoms with Crippen molar-refractivity contribution in [2.24, 2.45) is 0 Å². The first-order valence-electron chi connectivity index (χ1n) is 9.22. The number of hydrogen-bond acceptors (Lipinski definition) is 5. The summed E-state index contributed by atoms with van der Waals surface area (Å²) in [7, 11) is 1.68. The molecule has 2 N–H and O–H groups in total. The molecule has 144 valence electrons. The summed E-state index contributed by atoms with van der Waals surface area (Å²) in [5.41, 5.74) is 1.08. The van der Waals surface area contributed by atoms with Gasteiger partial charge in [0.05, 0.1) is 19.3 Å². The molecule has 1 saturated heterocycles. The first-order chi connectivity index (χ1) is 12.5. The largest absolute Gasteiger partial charge is 0.495 e. The van der Waals surface area contributed by atoms with Crippen LogP contribution < -0.4 is 20.3 Å². The van der Waals surface area contributed by atoms with Crippen LogP contribution in [-0.2, 0) is 9.59 Å². The van der Waals surface area contributed by atoms with Crippen molar-refractivity contribution in [3.63, 3.8) is 0 Å². The van der Waals surface area contributed by atoms with Gasteiger partial charge in [-0.3, -0.25) is 14.5 Å². The van der Waals surface area contributed by atoms with Crippen molar-refractivity contribution >= 4 is 17.5 Å². The monoisotopic (exact) mass is 362 g/mol. The average Bonchev–Trinajstić information content (AvgIpc) is 2.66. The predicted molar refractivity (Wildman–Crippen MR) is 103 cm³/mol. The molecule has 0 saturated carbocycles. The second kappa shape index (κ2) is 10.0. The molecule has 2 amide bonds. The van der Waals surface area contributed by atoms with Crippen LogP contribution >= 0.6 is 0 Å². The van der Waals surface area contributed by atoms with E-state index >= 15 is 0 Å². The zero-order valence-electron chi connectivity index (χ0n) is 16.0. The molecule has 0 aromatic heterocycles. The van der Waals surface area contributed by atoms with E-state index in [2.05, 4.69) is 26.5 Å². The highest BCUT2D eigenvalue weighted by molar-refractivity contribution is 5.87. The van der Waals surface area contributed by atoms with E-state index in [0.717, 1.165) is 44.0 Å². The molecule has 26 heavy (non-hydrogen) atoms. The van der Waals surface area contributed by atoms with E-state index < -0.39 is 6.04 Å². The van der Waals surface area contributed by atoms with Gasteiger partial charge in [-0.2, -0.15) is 0 Å². The highest BCUT2D eigenvalue weighted by Crippen LogP contribution is 2.28. The van der Waals surface area contributed by atoms with Gasteiger partial charge in [0.15, 0.2) is 0 Å². The smallest absolute Gasteiger partial charge is 0.242 e. The molecule has 0 bridgehead atoms. The van der Waals surface area contributed by atoms with Gasteiger partial charge in [0, 0.05) is 32.7 Å². The average molecular weight is 362 g/mol. The summed E-state index contributed by atoms with van der Waals surface area (Å²) in [6, 6.07) is 7.46. The van der Waals surface area contributed by atoms with Crippen molar-refractivity contribution in [2.75, 3.05) is 51.3 Å². The molecule has 7 nitrogen and oxygen atoms in total. The Labute approximate surface area is 155 Å². The van der Waals surface area contributed by atoms with Crippen LogP contribution in [0.5, 0.6) is 5.75 Å². The maximum absolute atomic E-state index is 12.2. The van der Waals surface area contributed by atoms with Gasteiger partial charge in [-0.25, -0.2) is 0 Å². The number of nitrogens with zero attached hydrogens (tertiary/aromatic N) is 2. The van der Waals surface area contributed by atoms with Gasteiger partial charge in [0.2, 0.25) is 11.8 Å². The molecule has 0 spiro atoms. The number of benzene rings is 1. The van der Waals surface area contributed by atoms with E-state index in [1.54, 1.807) is 14.0 Å². The summed E-state index contributed by atoms with van der Waals surface area (Å²) in [5, 5.41) is 5.56. The van der Waals surface area contributed by atoms with Crippen molar-refractivity contribution in [3.8, 4) is 5.75 Å². The zero-order valence-corrected chi connectivity index (χ0v) is 16.0. The van der Waals surface area contributed by atoms with Crippen LogP contribution in [0.25, 0.3) is 0 Å². The van der Waals surface area contributed by atoms with Crippen LogP contribution in [0.3, 0.4) is 0 Å². The topological polar surface area (TPSA) is 73.9 Å². The molecule has 1 aromatic carbocycles. The second-order valence-electron chi connectivity index (χ2n) is 6.52. The fraction of sp³-hybridized carbons (Fsp3) is 0.579. The van der Waals surface area contributed by atoms with Gasteiger partial charge < -0.3 is 20.3 Å². The third-order valence-corrected chi connectivity index (χ3v) is 4.49. The van der Waals surface area contributed by atoms with Crippen LogP contribution in [0.4, 0.5) is 5.69 Å². The number of ether oxygens (including phenoxy) is 1. The predicted octanol–water partition coefficient (Wildman–Crippen LogP) is 0.848. The minimum absolute atomic E-state index is 0.116. The number of para-hydroxylation sites is 2. The van der Waals surface area contributed by atoms with Crippen molar-refractivity contribution in [1.82, 2.24) is 15.5 Å². The molecule has 1 aliphatic heterocycles. The van der Waals surface area contributed by atoms with E-state index in [-0.39, 0.29) is 11.8 Å². The second-order valence-corrected chi connectivity index (χ2v) is 6.52. The quantitative estimate of drug-likeness (QED) is 0.717. The minimum Gasteiger partial charge on any atom is -0.495 e. The fourth-order valence-electron chi connectivity index (χ4n) is 2.99. The number of rotatable bonds is 8. The lowest BCUT2D eigenvalue weighted by molar-refractivity contribution is -0.129. The van der Waals surface area contributed by atoms with Crippen molar-refractivity contribution < 1.29 is 14.3 Å². The molecule has 0 unspecified atom stereocenters. The van der Waals surface area contributed by atoms with E-state index in [1.807, 2.05) is 25.1 Å². The lowest BCUT2D eigenvalue weighted by atomic mass is 10.2. The summed E-state index contributed by atoms with van der Waals surface area (Å²) in [4.78, 5) is 28.4. The van der Waals surface area contributed by atoms with Crippen LogP contribution in [-0.4, -0.2) is 69.1 Å². The summed E-state index contributed by atoms with van der Waals surface area (Å²) in [6.07, 6.45) is 0.878. The normalized spacial score (nSPS) is 16.0. The molecule has 1 heterocycles. The minimum atomic E-state index is -0.510. The summed E-state index contributed by atoms with van der Waals surface area (Å²) >= 11 is 0. The molecule has 1 aromatic rings. The Balaban J connectivity index is 1.77. The lowest BCUT2D eigenvalue weighted by Gasteiger charge is -2.36. The molecular formula is C19H30N4O3. The molecule has 1 fully saturated rings. The lowest BCUT2D eigenvalue weighted by Crippen LogP contribution is -2.52. The SMILES string of the molecule is CCCNC(=O)[C@@H](C)NC(=O)CN1CCN(c2ccccc2OC)CC1. The maximum atomic E-state index is 12.2. The van der Waals surface area contributed by atoms with Gasteiger partial charge in [0.1, 0.15) is 11.8 Å². The summed E-state index contributed by atoms with van der Waals surface area (Å²) < 4.78 is 5.43. The highest BCUT2D eigenvalue weighted by Gasteiger charge is 2.22. The molecular weight excluding hydrogens is 332 g/mol. The van der Waals surface area contributed by atoms with Crippen molar-refractivity contribution in [2.45, 2.75) is 26.3 Å². The molecule has 1 atom stereocenters. The first-order valence-corrected chi connectivity index (χ1v) is 9.22. The Morgan fingerprint density at radius 3 is 2.54 bits per heavy atom. The standard InChI is InChI=1S/C19H30N4O3/c1-4-9-20-19(25)15(2)21-18(24)14-22-10-12-23(13-11-22)16-7-5-6-8-17(16)26-3/h5-8,15H,4,9-14H2,1-3H3,(H,20,25)(H,21,24)/t15-/m1/s1. The number of methoxy groups -OCH3 is 1. The number of anilines is 1. The summed E-state index contributed by atoms with van der Waals surface area (Å²) in [5.74, 6) is 0.613. The van der Waals surface area contributed by atoms with Crippen molar-refractivity contribution in [1.29, 1.82) is 0 Å². The Bertz CT molecular complexity index is 600. The number of carbonyl (C=O) groups excluding carboxylic acids is 2. The van der Waals surface area contributed by atoms with Crippen LogP contribution in [0.2, 0.25) is 0 Å². The van der Waals surface area contributed by atoms with Crippen molar-refractivity contribution in [3.05, 3.63) is 24.3 Å². The number of hydrogen-bond donors (Lipinski definition) is 2. The highest BCUT2D eigenvalue weighted by atomic mass is 16.5. The summed E-state index contributed by atoms with van der Waals surface area (Å²) in [6.45, 7) is 7.90. The molecule has 7 heteroatoms. The number of carbonyl (C=O) groups is 2. The van der Waals surface area contributed by atoms with Gasteiger partial charge in [0.25, 0.3) is 0 Å². The van der Waals surface area contributed by atoms with E-state index in [4.69, 9.17) is 4.74 Å². The number of piperazine rings is 1. The van der Waals surface area contributed by atoms with Gasteiger partial charge in [-0.15, -0.1) is 0 Å². The first kappa shape index (κ1) is 20.0. The van der Waals surface area contributed by atoms with E-state index in [1.165, 1.54) is 0 Å². The maximum Gasteiger partial charge on any atom is 0.242 e. The molecule has 1 aliphatic rings. The molecule has 0 radical (unpaired) electrons. The van der Waals surface area contributed by atoms with E-state index in [9.17, 15) is 9.59 Å². The molecule has 2 rings (SSSR count). The van der Waals surface area contributed by atoms with Gasteiger partial charge in [-0.1, -0.05) is 19.1 Å². The zero-order chi connectivity index (χ0) is 18.9. The van der Waals surface area contributed by atoms with Crippen LogP contribution in [0, 0.1) is 0 Å².